The zero-order chi connectivity index (χ0) is 15.4. The zero-order valence-corrected chi connectivity index (χ0v) is 12.1. The molecule has 3 aromatic heterocycles. The van der Waals surface area contributed by atoms with Crippen molar-refractivity contribution in [1.29, 1.82) is 0 Å². The average molecular weight is 297 g/mol. The Kier molecular flexibility index (Phi) is 4.00. The minimum atomic E-state index is -0.197. The van der Waals surface area contributed by atoms with Crippen LogP contribution in [0.25, 0.3) is 11.5 Å². The predicted molar refractivity (Wildman–Crippen MR) is 79.1 cm³/mol. The summed E-state index contributed by atoms with van der Waals surface area (Å²) in [5.41, 5.74) is 1.20. The molecule has 0 unspecified atom stereocenters. The maximum atomic E-state index is 12.3. The fourth-order valence-electron chi connectivity index (χ4n) is 2.04. The van der Waals surface area contributed by atoms with Gasteiger partial charge in [-0.1, -0.05) is 11.2 Å². The lowest BCUT2D eigenvalue weighted by Gasteiger charge is -2.14. The minimum absolute atomic E-state index is 0.197. The van der Waals surface area contributed by atoms with Gasteiger partial charge in [0.25, 0.3) is 5.91 Å². The van der Waals surface area contributed by atoms with E-state index in [1.165, 1.54) is 0 Å². The second kappa shape index (κ2) is 6.26. The molecule has 0 N–H and O–H groups in total. The molecule has 0 aliphatic heterocycles. The van der Waals surface area contributed by atoms with Crippen molar-refractivity contribution in [1.82, 2.24) is 15.0 Å². The van der Waals surface area contributed by atoms with Crippen molar-refractivity contribution >= 4 is 5.91 Å². The molecule has 3 heterocycles. The normalized spacial score (nSPS) is 10.6. The topological polar surface area (TPSA) is 72.4 Å². The number of hydrogen-bond acceptors (Lipinski definition) is 5. The van der Waals surface area contributed by atoms with Gasteiger partial charge in [0.15, 0.2) is 11.5 Å². The summed E-state index contributed by atoms with van der Waals surface area (Å²) in [6.07, 6.45) is 3.97. The monoisotopic (exact) mass is 297 g/mol. The molecule has 0 aliphatic carbocycles. The van der Waals surface area contributed by atoms with Crippen molar-refractivity contribution < 1.29 is 13.7 Å². The first-order valence-electron chi connectivity index (χ1n) is 6.90. The van der Waals surface area contributed by atoms with Crippen molar-refractivity contribution in [3.05, 3.63) is 60.2 Å². The molecular formula is C16H15N3O3. The van der Waals surface area contributed by atoms with Gasteiger partial charge in [-0.25, -0.2) is 0 Å². The summed E-state index contributed by atoms with van der Waals surface area (Å²) in [5, 5.41) is 3.81. The Balaban J connectivity index is 1.63. The quantitative estimate of drug-likeness (QED) is 0.724. The number of aromatic nitrogens is 2. The van der Waals surface area contributed by atoms with Gasteiger partial charge in [-0.15, -0.1) is 0 Å². The standard InChI is InChI=1S/C16H15N3O3/c1-19(9-7-12-5-2-3-8-17-12)16(20)13-11-15(22-18-13)14-6-4-10-21-14/h2-6,8,10-11H,7,9H2,1H3. The van der Waals surface area contributed by atoms with Crippen LogP contribution in [0.1, 0.15) is 16.2 Å². The molecule has 0 radical (unpaired) electrons. The number of nitrogens with zero attached hydrogens (tertiary/aromatic N) is 3. The summed E-state index contributed by atoms with van der Waals surface area (Å²) in [4.78, 5) is 18.1. The van der Waals surface area contributed by atoms with E-state index >= 15 is 0 Å². The summed E-state index contributed by atoms with van der Waals surface area (Å²) >= 11 is 0. The van der Waals surface area contributed by atoms with Gasteiger partial charge >= 0.3 is 0 Å². The molecule has 0 saturated heterocycles. The van der Waals surface area contributed by atoms with E-state index in [1.54, 1.807) is 42.6 Å². The zero-order valence-electron chi connectivity index (χ0n) is 12.1. The Hall–Kier alpha value is -2.89. The lowest BCUT2D eigenvalue weighted by atomic mass is 10.2. The first kappa shape index (κ1) is 14.1. The van der Waals surface area contributed by atoms with Crippen molar-refractivity contribution in [2.24, 2.45) is 0 Å². The van der Waals surface area contributed by atoms with E-state index < -0.39 is 0 Å². The molecule has 0 bridgehead atoms. The van der Waals surface area contributed by atoms with Gasteiger partial charge in [0, 0.05) is 38.0 Å². The SMILES string of the molecule is CN(CCc1ccccn1)C(=O)c1cc(-c2ccco2)on1. The first-order chi connectivity index (χ1) is 10.7. The second-order valence-corrected chi connectivity index (χ2v) is 4.85. The van der Waals surface area contributed by atoms with E-state index in [2.05, 4.69) is 10.1 Å². The van der Waals surface area contributed by atoms with E-state index in [4.69, 9.17) is 8.94 Å². The molecule has 6 heteroatoms. The number of likely N-dealkylation sites (N-methyl/N-ethyl adjacent to an activating group) is 1. The fourth-order valence-corrected chi connectivity index (χ4v) is 2.04. The van der Waals surface area contributed by atoms with Gasteiger partial charge in [0.1, 0.15) is 0 Å². The molecule has 0 aromatic carbocycles. The third-order valence-corrected chi connectivity index (χ3v) is 3.27. The second-order valence-electron chi connectivity index (χ2n) is 4.85. The molecule has 112 valence electrons. The Morgan fingerprint density at radius 2 is 2.14 bits per heavy atom. The van der Waals surface area contributed by atoms with E-state index in [0.717, 1.165) is 5.69 Å². The maximum absolute atomic E-state index is 12.3. The molecule has 0 saturated carbocycles. The predicted octanol–water partition coefficient (Wildman–Crippen LogP) is 2.64. The van der Waals surface area contributed by atoms with Gasteiger partial charge in [0.05, 0.1) is 6.26 Å². The Bertz CT molecular complexity index is 735. The minimum Gasteiger partial charge on any atom is -0.461 e. The van der Waals surface area contributed by atoms with Gasteiger partial charge in [0.2, 0.25) is 5.76 Å². The van der Waals surface area contributed by atoms with Crippen LogP contribution in [0, 0.1) is 0 Å². The molecule has 1 amide bonds. The van der Waals surface area contributed by atoms with Crippen molar-refractivity contribution in [3.63, 3.8) is 0 Å². The largest absolute Gasteiger partial charge is 0.461 e. The molecular weight excluding hydrogens is 282 g/mol. The number of carbonyl (C=O) groups is 1. The summed E-state index contributed by atoms with van der Waals surface area (Å²) in [7, 11) is 1.73. The molecule has 3 rings (SSSR count). The first-order valence-corrected chi connectivity index (χ1v) is 6.90. The van der Waals surface area contributed by atoms with Crippen molar-refractivity contribution in [3.8, 4) is 11.5 Å². The molecule has 3 aromatic rings. The van der Waals surface area contributed by atoms with Crippen LogP contribution in [-0.4, -0.2) is 34.5 Å². The van der Waals surface area contributed by atoms with Crippen molar-refractivity contribution in [2.75, 3.05) is 13.6 Å². The average Bonchev–Trinajstić information content (AvgIpc) is 3.23. The number of amides is 1. The third kappa shape index (κ3) is 3.06. The van der Waals surface area contributed by atoms with Crippen LogP contribution in [0.3, 0.4) is 0 Å². The number of pyridine rings is 1. The number of rotatable bonds is 5. The van der Waals surface area contributed by atoms with E-state index in [1.807, 2.05) is 18.2 Å². The van der Waals surface area contributed by atoms with E-state index in [-0.39, 0.29) is 11.6 Å². The fraction of sp³-hybridized carbons (Fsp3) is 0.188. The summed E-state index contributed by atoms with van der Waals surface area (Å²) in [6.45, 7) is 0.554. The molecule has 0 aliphatic rings. The van der Waals surface area contributed by atoms with Crippen LogP contribution < -0.4 is 0 Å². The van der Waals surface area contributed by atoms with Crippen LogP contribution in [0.4, 0.5) is 0 Å². The number of furan rings is 1. The Labute approximate surface area is 127 Å². The van der Waals surface area contributed by atoms with E-state index in [0.29, 0.717) is 24.5 Å². The highest BCUT2D eigenvalue weighted by Gasteiger charge is 2.18. The molecule has 6 nitrogen and oxygen atoms in total. The van der Waals surface area contributed by atoms with Gasteiger partial charge in [-0.3, -0.25) is 9.78 Å². The van der Waals surface area contributed by atoms with Gasteiger partial charge in [-0.2, -0.15) is 0 Å². The highest BCUT2D eigenvalue weighted by Crippen LogP contribution is 2.21. The van der Waals surface area contributed by atoms with Crippen LogP contribution in [-0.2, 0) is 6.42 Å². The third-order valence-electron chi connectivity index (χ3n) is 3.27. The van der Waals surface area contributed by atoms with Crippen LogP contribution in [0.5, 0.6) is 0 Å². The maximum Gasteiger partial charge on any atom is 0.275 e. The molecule has 0 spiro atoms. The lowest BCUT2D eigenvalue weighted by molar-refractivity contribution is 0.0786. The number of carbonyl (C=O) groups excluding carboxylic acids is 1. The van der Waals surface area contributed by atoms with Crippen LogP contribution in [0.15, 0.2) is 57.8 Å². The molecule has 0 fully saturated rings. The Morgan fingerprint density at radius 3 is 2.86 bits per heavy atom. The van der Waals surface area contributed by atoms with Gasteiger partial charge in [-0.05, 0) is 24.3 Å². The summed E-state index contributed by atoms with van der Waals surface area (Å²) in [5.74, 6) is 0.784. The Morgan fingerprint density at radius 1 is 1.23 bits per heavy atom. The van der Waals surface area contributed by atoms with Crippen molar-refractivity contribution in [2.45, 2.75) is 6.42 Å². The number of hydrogen-bond donors (Lipinski definition) is 0. The summed E-state index contributed by atoms with van der Waals surface area (Å²) in [6, 6.07) is 10.8. The smallest absolute Gasteiger partial charge is 0.275 e. The highest BCUT2D eigenvalue weighted by atomic mass is 16.5. The summed E-state index contributed by atoms with van der Waals surface area (Å²) < 4.78 is 10.4. The highest BCUT2D eigenvalue weighted by molar-refractivity contribution is 5.92. The van der Waals surface area contributed by atoms with Gasteiger partial charge < -0.3 is 13.8 Å². The molecule has 22 heavy (non-hydrogen) atoms. The van der Waals surface area contributed by atoms with Crippen LogP contribution in [0.2, 0.25) is 0 Å². The lowest BCUT2D eigenvalue weighted by Crippen LogP contribution is -2.29. The van der Waals surface area contributed by atoms with E-state index in [9.17, 15) is 4.79 Å². The van der Waals surface area contributed by atoms with Crippen LogP contribution >= 0.6 is 0 Å². The molecule has 0 atom stereocenters.